The second kappa shape index (κ2) is 9.31. The van der Waals surface area contributed by atoms with Crippen LogP contribution in [0.15, 0.2) is 93.2 Å². The number of nitrogens with zero attached hydrogens (tertiary/aromatic N) is 1. The first-order valence-electron chi connectivity index (χ1n) is 11.0. The van der Waals surface area contributed by atoms with Gasteiger partial charge in [0, 0.05) is 39.8 Å². The number of fused-ring (bicyclic) bond motifs is 2. The van der Waals surface area contributed by atoms with Crippen molar-refractivity contribution in [2.75, 3.05) is 0 Å². The Balaban J connectivity index is 1.65. The number of carboxylic acid groups (broad SMARTS) is 1. The van der Waals surface area contributed by atoms with Crippen molar-refractivity contribution in [3.8, 4) is 33.9 Å². The molecule has 9 heteroatoms. The summed E-state index contributed by atoms with van der Waals surface area (Å²) in [5, 5.41) is 34.1. The maximum absolute atomic E-state index is 12.9. The maximum atomic E-state index is 12.9. The molecule has 3 aromatic rings. The molecule has 1 amide bonds. The number of hydrogen-bond donors (Lipinski definition) is 4. The minimum Gasteiger partial charge on any atom is -0.508 e. The lowest BCUT2D eigenvalue weighted by Crippen LogP contribution is -2.18. The van der Waals surface area contributed by atoms with E-state index in [0.717, 1.165) is 0 Å². The fourth-order valence-electron chi connectivity index (χ4n) is 4.05. The number of phenolic OH excluding ortho intramolecular Hbond substituents is 2. The van der Waals surface area contributed by atoms with Crippen LogP contribution in [0.1, 0.15) is 26.3 Å². The zero-order chi connectivity index (χ0) is 26.1. The Morgan fingerprint density at radius 1 is 0.892 bits per heavy atom. The van der Waals surface area contributed by atoms with E-state index in [1.54, 1.807) is 24.3 Å². The zero-order valence-electron chi connectivity index (χ0n) is 19.0. The van der Waals surface area contributed by atoms with Gasteiger partial charge in [-0.1, -0.05) is 12.1 Å². The molecule has 2 aliphatic rings. The van der Waals surface area contributed by atoms with Gasteiger partial charge in [0.25, 0.3) is 5.91 Å². The lowest BCUT2D eigenvalue weighted by atomic mass is 9.89. The van der Waals surface area contributed by atoms with Gasteiger partial charge in [-0.05, 0) is 60.2 Å². The van der Waals surface area contributed by atoms with Crippen molar-refractivity contribution in [3.63, 3.8) is 0 Å². The summed E-state index contributed by atoms with van der Waals surface area (Å²) in [6.45, 7) is 0. The van der Waals surface area contributed by atoms with E-state index in [4.69, 9.17) is 4.42 Å². The number of phenols is 2. The lowest BCUT2D eigenvalue weighted by Gasteiger charge is -2.17. The van der Waals surface area contributed by atoms with E-state index in [2.05, 4.69) is 10.5 Å². The van der Waals surface area contributed by atoms with Gasteiger partial charge >= 0.3 is 5.97 Å². The van der Waals surface area contributed by atoms with E-state index in [1.165, 1.54) is 60.8 Å². The predicted octanol–water partition coefficient (Wildman–Crippen LogP) is 4.44. The van der Waals surface area contributed by atoms with Crippen LogP contribution in [0.3, 0.4) is 0 Å². The number of hydrazone groups is 1. The number of nitrogens with one attached hydrogen (secondary N) is 1. The van der Waals surface area contributed by atoms with Crippen LogP contribution >= 0.6 is 0 Å². The molecule has 0 bridgehead atoms. The normalized spacial score (nSPS) is 11.2. The van der Waals surface area contributed by atoms with Crippen molar-refractivity contribution in [2.45, 2.75) is 0 Å². The molecule has 0 unspecified atom stereocenters. The molecular weight excluding hydrogens is 476 g/mol. The average molecular weight is 494 g/mol. The first-order chi connectivity index (χ1) is 17.8. The summed E-state index contributed by atoms with van der Waals surface area (Å²) in [6.07, 6.45) is 1.28. The van der Waals surface area contributed by atoms with Crippen LogP contribution in [0, 0.1) is 0 Å². The largest absolute Gasteiger partial charge is 0.508 e. The SMILES string of the molecule is O=C(N/N=C/c1ccccc1O)c1ccc(C(=O)O)c(-c2c3ccc(=O)cc-3oc3cc(O)ccc23)c1. The highest BCUT2D eigenvalue weighted by Crippen LogP contribution is 2.42. The van der Waals surface area contributed by atoms with E-state index in [9.17, 15) is 29.7 Å². The van der Waals surface area contributed by atoms with Crippen LogP contribution in [-0.2, 0) is 0 Å². The molecule has 0 saturated carbocycles. The van der Waals surface area contributed by atoms with Crippen LogP contribution in [0.25, 0.3) is 33.4 Å². The number of amides is 1. The molecule has 0 aromatic heterocycles. The van der Waals surface area contributed by atoms with E-state index in [0.29, 0.717) is 22.1 Å². The van der Waals surface area contributed by atoms with Crippen LogP contribution in [0.4, 0.5) is 0 Å². The summed E-state index contributed by atoms with van der Waals surface area (Å²) < 4.78 is 5.83. The van der Waals surface area contributed by atoms with Crippen molar-refractivity contribution >= 4 is 29.1 Å². The predicted molar refractivity (Wildman–Crippen MR) is 136 cm³/mol. The minimum absolute atomic E-state index is 0.00545. The first-order valence-corrected chi connectivity index (χ1v) is 11.0. The number of rotatable bonds is 5. The van der Waals surface area contributed by atoms with E-state index >= 15 is 0 Å². The molecule has 3 aromatic carbocycles. The highest BCUT2D eigenvalue weighted by Gasteiger charge is 2.23. The second-order valence-electron chi connectivity index (χ2n) is 8.14. The summed E-state index contributed by atoms with van der Waals surface area (Å²) in [4.78, 5) is 37.0. The molecule has 1 heterocycles. The maximum Gasteiger partial charge on any atom is 0.336 e. The van der Waals surface area contributed by atoms with Gasteiger partial charge in [-0.15, -0.1) is 0 Å². The summed E-state index contributed by atoms with van der Waals surface area (Å²) >= 11 is 0. The van der Waals surface area contributed by atoms with Gasteiger partial charge in [0.2, 0.25) is 0 Å². The highest BCUT2D eigenvalue weighted by atomic mass is 16.4. The molecule has 0 atom stereocenters. The number of para-hydroxylation sites is 1. The quantitative estimate of drug-likeness (QED) is 0.160. The monoisotopic (exact) mass is 494 g/mol. The van der Waals surface area contributed by atoms with Crippen molar-refractivity contribution in [3.05, 3.63) is 106 Å². The third-order valence-corrected chi connectivity index (χ3v) is 5.76. The Morgan fingerprint density at radius 2 is 1.70 bits per heavy atom. The van der Waals surface area contributed by atoms with Gasteiger partial charge in [0.05, 0.1) is 11.8 Å². The highest BCUT2D eigenvalue weighted by molar-refractivity contribution is 6.09. The Bertz CT molecular complexity index is 1750. The molecule has 9 nitrogen and oxygen atoms in total. The van der Waals surface area contributed by atoms with Gasteiger partial charge in [0.15, 0.2) is 5.43 Å². The number of carbonyl (C=O) groups excluding carboxylic acids is 1. The van der Waals surface area contributed by atoms with Crippen molar-refractivity contribution in [2.24, 2.45) is 5.10 Å². The summed E-state index contributed by atoms with van der Waals surface area (Å²) in [5.41, 5.74) is 3.81. The second-order valence-corrected chi connectivity index (χ2v) is 8.14. The number of aromatic hydroxyl groups is 2. The lowest BCUT2D eigenvalue weighted by molar-refractivity contribution is 0.0697. The van der Waals surface area contributed by atoms with Crippen LogP contribution in [0.2, 0.25) is 0 Å². The topological polar surface area (TPSA) is 149 Å². The Hall–Kier alpha value is -5.44. The summed E-state index contributed by atoms with van der Waals surface area (Å²) in [6, 6.07) is 19.0. The van der Waals surface area contributed by atoms with Gasteiger partial charge in [-0.25, -0.2) is 10.2 Å². The van der Waals surface area contributed by atoms with Gasteiger partial charge in [0.1, 0.15) is 22.8 Å². The Kier molecular flexibility index (Phi) is 5.86. The van der Waals surface area contributed by atoms with Gasteiger partial charge < -0.3 is 19.7 Å². The molecular formula is C28H18N2O7. The van der Waals surface area contributed by atoms with Gasteiger partial charge in [-0.3, -0.25) is 9.59 Å². The molecule has 1 aliphatic heterocycles. The van der Waals surface area contributed by atoms with Crippen molar-refractivity contribution in [1.29, 1.82) is 0 Å². The summed E-state index contributed by atoms with van der Waals surface area (Å²) in [7, 11) is 0. The number of carboxylic acids is 1. The third-order valence-electron chi connectivity index (χ3n) is 5.76. The molecule has 1 aliphatic carbocycles. The number of hydrogen-bond acceptors (Lipinski definition) is 7. The average Bonchev–Trinajstić information content (AvgIpc) is 2.87. The van der Waals surface area contributed by atoms with Crippen LogP contribution in [0.5, 0.6) is 11.5 Å². The Morgan fingerprint density at radius 3 is 2.49 bits per heavy atom. The van der Waals surface area contributed by atoms with Crippen LogP contribution in [-0.4, -0.2) is 33.4 Å². The van der Waals surface area contributed by atoms with E-state index in [1.807, 2.05) is 0 Å². The number of aromatic carboxylic acids is 1. The number of benzene rings is 4. The molecule has 0 saturated heterocycles. The molecule has 0 radical (unpaired) electrons. The molecule has 37 heavy (non-hydrogen) atoms. The fourth-order valence-corrected chi connectivity index (χ4v) is 4.05. The Labute approximate surface area is 208 Å². The van der Waals surface area contributed by atoms with Crippen molar-refractivity contribution < 1.29 is 29.3 Å². The third kappa shape index (κ3) is 4.48. The minimum atomic E-state index is -1.22. The standard InChI is InChI=1S/C28H18N2O7/c31-17-6-9-20-24(12-17)37-25-13-18(32)7-10-21(25)26(20)22-11-15(5-8-19(22)28(35)36)27(34)30-29-14-16-3-1-2-4-23(16)33/h1-14,31,33H,(H,30,34)(H,35,36)/b29-14+. The fraction of sp³-hybridized carbons (Fsp3) is 0. The van der Waals surface area contributed by atoms with Gasteiger partial charge in [-0.2, -0.15) is 5.10 Å². The van der Waals surface area contributed by atoms with E-state index in [-0.39, 0.29) is 45.0 Å². The molecule has 0 fully saturated rings. The summed E-state index contributed by atoms with van der Waals surface area (Å²) in [5.74, 6) is -1.72. The number of carbonyl (C=O) groups is 2. The van der Waals surface area contributed by atoms with E-state index < -0.39 is 11.9 Å². The van der Waals surface area contributed by atoms with Crippen LogP contribution < -0.4 is 10.9 Å². The first kappa shape index (κ1) is 23.3. The molecule has 0 spiro atoms. The van der Waals surface area contributed by atoms with Crippen molar-refractivity contribution in [1.82, 2.24) is 5.43 Å². The smallest absolute Gasteiger partial charge is 0.336 e. The molecule has 5 rings (SSSR count). The zero-order valence-corrected chi connectivity index (χ0v) is 19.0. The molecule has 182 valence electrons. The molecule has 4 N–H and O–H groups in total.